The number of ketones is 2. The Kier molecular flexibility index (Phi) is 7.40. The van der Waals surface area contributed by atoms with Crippen LogP contribution in [-0.4, -0.2) is 50.1 Å². The van der Waals surface area contributed by atoms with Gasteiger partial charge in [0.15, 0.2) is 8.32 Å². The standard InChI is InChI=1S/C22H33NO5Si/c1-16(24)19-13-23(21(26)27-14-17-10-8-7-9-11-17)18(12-20(19)25)15-28-29(5,6)22(2,3)4/h7-11,18-19H,12-15H2,1-6H3. The molecule has 29 heavy (non-hydrogen) atoms. The van der Waals surface area contributed by atoms with Crippen molar-refractivity contribution in [3.8, 4) is 0 Å². The van der Waals surface area contributed by atoms with Crippen LogP contribution < -0.4 is 0 Å². The first-order valence-electron chi connectivity index (χ1n) is 10.1. The van der Waals surface area contributed by atoms with Gasteiger partial charge in [0.2, 0.25) is 0 Å². The monoisotopic (exact) mass is 419 g/mol. The number of hydrogen-bond donors (Lipinski definition) is 0. The molecule has 1 aromatic carbocycles. The fourth-order valence-electron chi connectivity index (χ4n) is 2.98. The van der Waals surface area contributed by atoms with Crippen LogP contribution in [0, 0.1) is 5.92 Å². The van der Waals surface area contributed by atoms with Crippen molar-refractivity contribution in [2.24, 2.45) is 5.92 Å². The topological polar surface area (TPSA) is 72.9 Å². The van der Waals surface area contributed by atoms with Crippen molar-refractivity contribution in [1.29, 1.82) is 0 Å². The van der Waals surface area contributed by atoms with Gasteiger partial charge in [-0.1, -0.05) is 51.1 Å². The normalized spacial score (nSPS) is 20.5. The zero-order chi connectivity index (χ0) is 21.8. The second kappa shape index (κ2) is 9.22. The third-order valence-electron chi connectivity index (χ3n) is 6.02. The number of carbonyl (C=O) groups is 3. The van der Waals surface area contributed by atoms with Crippen LogP contribution >= 0.6 is 0 Å². The van der Waals surface area contributed by atoms with Crippen molar-refractivity contribution in [3.05, 3.63) is 35.9 Å². The van der Waals surface area contributed by atoms with Gasteiger partial charge < -0.3 is 14.1 Å². The van der Waals surface area contributed by atoms with Crippen molar-refractivity contribution < 1.29 is 23.5 Å². The number of amides is 1. The van der Waals surface area contributed by atoms with E-state index in [9.17, 15) is 14.4 Å². The number of Topliss-reactive ketones (excluding diaryl/α,β-unsaturated/α-hetero) is 2. The highest BCUT2D eigenvalue weighted by atomic mass is 28.4. The molecular weight excluding hydrogens is 386 g/mol. The summed E-state index contributed by atoms with van der Waals surface area (Å²) in [4.78, 5) is 38.7. The van der Waals surface area contributed by atoms with Gasteiger partial charge in [0, 0.05) is 13.0 Å². The van der Waals surface area contributed by atoms with Crippen molar-refractivity contribution in [2.45, 2.75) is 64.9 Å². The Morgan fingerprint density at radius 3 is 2.34 bits per heavy atom. The number of rotatable bonds is 6. The molecule has 0 bridgehead atoms. The van der Waals surface area contributed by atoms with Crippen LogP contribution in [0.5, 0.6) is 0 Å². The Balaban J connectivity index is 2.12. The van der Waals surface area contributed by atoms with Crippen molar-refractivity contribution >= 4 is 26.0 Å². The van der Waals surface area contributed by atoms with Crippen LogP contribution in [-0.2, 0) is 25.4 Å². The average molecular weight is 420 g/mol. The summed E-state index contributed by atoms with van der Waals surface area (Å²) in [6.45, 7) is 12.5. The molecule has 0 spiro atoms. The predicted octanol–water partition coefficient (Wildman–Crippen LogP) is 4.19. The summed E-state index contributed by atoms with van der Waals surface area (Å²) >= 11 is 0. The summed E-state index contributed by atoms with van der Waals surface area (Å²) in [5.74, 6) is -1.14. The quantitative estimate of drug-likeness (QED) is 0.510. The highest BCUT2D eigenvalue weighted by Gasteiger charge is 2.42. The van der Waals surface area contributed by atoms with E-state index < -0.39 is 26.4 Å². The third kappa shape index (κ3) is 5.99. The van der Waals surface area contributed by atoms with Crippen LogP contribution in [0.25, 0.3) is 0 Å². The van der Waals surface area contributed by atoms with Crippen LogP contribution in [0.4, 0.5) is 4.79 Å². The van der Waals surface area contributed by atoms with E-state index in [-0.39, 0.29) is 42.8 Å². The first-order valence-corrected chi connectivity index (χ1v) is 13.0. The van der Waals surface area contributed by atoms with Gasteiger partial charge >= 0.3 is 6.09 Å². The summed E-state index contributed by atoms with van der Waals surface area (Å²) in [7, 11) is -2.04. The lowest BCUT2D eigenvalue weighted by Crippen LogP contribution is -2.55. The van der Waals surface area contributed by atoms with E-state index in [1.54, 1.807) is 0 Å². The number of piperidine rings is 1. The van der Waals surface area contributed by atoms with Crippen molar-refractivity contribution in [3.63, 3.8) is 0 Å². The highest BCUT2D eigenvalue weighted by molar-refractivity contribution is 6.74. The smallest absolute Gasteiger partial charge is 0.410 e. The summed E-state index contributed by atoms with van der Waals surface area (Å²) in [6, 6.07) is 8.99. The summed E-state index contributed by atoms with van der Waals surface area (Å²) < 4.78 is 11.8. The third-order valence-corrected chi connectivity index (χ3v) is 10.5. The number of likely N-dealkylation sites (tertiary alicyclic amines) is 1. The van der Waals surface area contributed by atoms with E-state index in [4.69, 9.17) is 9.16 Å². The molecule has 1 amide bonds. The van der Waals surface area contributed by atoms with Crippen LogP contribution in [0.3, 0.4) is 0 Å². The molecule has 1 aromatic rings. The van der Waals surface area contributed by atoms with E-state index in [0.29, 0.717) is 0 Å². The van der Waals surface area contributed by atoms with Crippen molar-refractivity contribution in [1.82, 2.24) is 4.90 Å². The molecule has 0 N–H and O–H groups in total. The minimum atomic E-state index is -2.04. The van der Waals surface area contributed by atoms with Gasteiger partial charge in [-0.25, -0.2) is 4.79 Å². The van der Waals surface area contributed by atoms with E-state index in [1.807, 2.05) is 30.3 Å². The average Bonchev–Trinajstić information content (AvgIpc) is 2.64. The molecule has 1 aliphatic heterocycles. The van der Waals surface area contributed by atoms with E-state index >= 15 is 0 Å². The SMILES string of the molecule is CC(=O)C1CN(C(=O)OCc2ccccc2)C(CO[Si](C)(C)C(C)(C)C)CC1=O. The number of ether oxygens (including phenoxy) is 1. The molecule has 1 heterocycles. The molecule has 7 heteroatoms. The van der Waals surface area contributed by atoms with Gasteiger partial charge in [0.1, 0.15) is 18.2 Å². The second-order valence-corrected chi connectivity index (χ2v) is 14.1. The molecule has 6 nitrogen and oxygen atoms in total. The molecule has 0 radical (unpaired) electrons. The van der Waals surface area contributed by atoms with Gasteiger partial charge in [-0.2, -0.15) is 0 Å². The molecule has 1 fully saturated rings. The summed E-state index contributed by atoms with van der Waals surface area (Å²) in [6.07, 6.45) is -0.407. The number of benzene rings is 1. The molecule has 0 aliphatic carbocycles. The molecular formula is C22H33NO5Si. The molecule has 1 aliphatic rings. The lowest BCUT2D eigenvalue weighted by Gasteiger charge is -2.41. The minimum Gasteiger partial charge on any atom is -0.445 e. The Morgan fingerprint density at radius 2 is 1.79 bits per heavy atom. The zero-order valence-electron chi connectivity index (χ0n) is 18.4. The van der Waals surface area contributed by atoms with E-state index in [1.165, 1.54) is 11.8 Å². The Morgan fingerprint density at radius 1 is 1.17 bits per heavy atom. The Labute approximate surface area is 174 Å². The maximum atomic E-state index is 12.8. The van der Waals surface area contributed by atoms with E-state index in [0.717, 1.165) is 5.56 Å². The number of hydrogen-bond acceptors (Lipinski definition) is 5. The largest absolute Gasteiger partial charge is 0.445 e. The summed E-state index contributed by atoms with van der Waals surface area (Å²) in [5, 5.41) is 0.0201. The maximum Gasteiger partial charge on any atom is 0.410 e. The van der Waals surface area contributed by atoms with Crippen LogP contribution in [0.2, 0.25) is 18.1 Å². The highest BCUT2D eigenvalue weighted by Crippen LogP contribution is 2.37. The molecule has 160 valence electrons. The molecule has 2 rings (SSSR count). The second-order valence-electron chi connectivity index (χ2n) is 9.25. The zero-order valence-corrected chi connectivity index (χ0v) is 19.4. The number of nitrogens with zero attached hydrogens (tertiary/aromatic N) is 1. The molecule has 0 aromatic heterocycles. The first-order chi connectivity index (χ1) is 13.4. The van der Waals surface area contributed by atoms with Gasteiger partial charge in [0.25, 0.3) is 0 Å². The van der Waals surface area contributed by atoms with Crippen molar-refractivity contribution in [2.75, 3.05) is 13.2 Å². The maximum absolute atomic E-state index is 12.8. The lowest BCUT2D eigenvalue weighted by molar-refractivity contribution is -0.136. The molecule has 2 unspecified atom stereocenters. The van der Waals surface area contributed by atoms with Gasteiger partial charge in [-0.15, -0.1) is 0 Å². The fourth-order valence-corrected chi connectivity index (χ4v) is 4.03. The molecule has 0 saturated carbocycles. The minimum absolute atomic E-state index is 0.0201. The lowest BCUT2D eigenvalue weighted by atomic mass is 9.89. The first kappa shape index (κ1) is 23.3. The van der Waals surface area contributed by atoms with E-state index in [2.05, 4.69) is 33.9 Å². The fraction of sp³-hybridized carbons (Fsp3) is 0.591. The predicted molar refractivity (Wildman–Crippen MR) is 114 cm³/mol. The number of carbonyl (C=O) groups excluding carboxylic acids is 3. The van der Waals surface area contributed by atoms with Gasteiger partial charge in [0.05, 0.1) is 18.6 Å². The Hall–Kier alpha value is -1.99. The molecule has 1 saturated heterocycles. The van der Waals surface area contributed by atoms with Crippen LogP contribution in [0.15, 0.2) is 30.3 Å². The van der Waals surface area contributed by atoms with Gasteiger partial charge in [-0.05, 0) is 30.6 Å². The van der Waals surface area contributed by atoms with Gasteiger partial charge in [-0.3, -0.25) is 9.59 Å². The Bertz CT molecular complexity index is 741. The summed E-state index contributed by atoms with van der Waals surface area (Å²) in [5.41, 5.74) is 0.881. The van der Waals surface area contributed by atoms with Crippen LogP contribution in [0.1, 0.15) is 39.7 Å². The molecule has 2 atom stereocenters.